The van der Waals surface area contributed by atoms with E-state index in [-0.39, 0.29) is 0 Å². The van der Waals surface area contributed by atoms with Crippen LogP contribution in [0.15, 0.2) is 0 Å². The van der Waals surface area contributed by atoms with Gasteiger partial charge in [-0.25, -0.2) is 0 Å². The van der Waals surface area contributed by atoms with Gasteiger partial charge in [-0.1, -0.05) is 0 Å². The largest absolute Gasteiger partial charge is 0.382 e. The molecule has 1 aliphatic heterocycles. The second kappa shape index (κ2) is 10.6. The van der Waals surface area contributed by atoms with Gasteiger partial charge in [-0.15, -0.1) is 0 Å². The third-order valence-corrected chi connectivity index (χ3v) is 3.73. The Balaban J connectivity index is 1.88. The lowest BCUT2D eigenvalue weighted by molar-refractivity contribution is 0.0170. The Bertz CT molecular complexity index is 207. The molecule has 1 fully saturated rings. The minimum absolute atomic E-state index is 0.336. The molecule has 114 valence electrons. The summed E-state index contributed by atoms with van der Waals surface area (Å²) in [4.78, 5) is 2.46. The van der Waals surface area contributed by atoms with Crippen LogP contribution in [-0.2, 0) is 14.2 Å². The quantitative estimate of drug-likeness (QED) is 0.595. The van der Waals surface area contributed by atoms with Crippen molar-refractivity contribution in [3.63, 3.8) is 0 Å². The topological polar surface area (TPSA) is 57.0 Å². The maximum atomic E-state index is 5.94. The molecule has 1 heterocycles. The van der Waals surface area contributed by atoms with Gasteiger partial charge in [0.25, 0.3) is 0 Å². The van der Waals surface area contributed by atoms with Gasteiger partial charge in [0.05, 0.1) is 33.0 Å². The number of nitrogens with two attached hydrogens (primary N) is 1. The predicted octanol–water partition coefficient (Wildman–Crippen LogP) is 0.725. The number of likely N-dealkylation sites (tertiary alicyclic amines) is 1. The summed E-state index contributed by atoms with van der Waals surface area (Å²) in [5.74, 6) is 0.700. The zero-order chi connectivity index (χ0) is 13.9. The molecule has 0 radical (unpaired) electrons. The lowest BCUT2D eigenvalue weighted by Crippen LogP contribution is -2.40. The van der Waals surface area contributed by atoms with Gasteiger partial charge in [-0.2, -0.15) is 0 Å². The van der Waals surface area contributed by atoms with Crippen LogP contribution in [-0.4, -0.2) is 70.7 Å². The van der Waals surface area contributed by atoms with E-state index in [2.05, 4.69) is 11.8 Å². The van der Waals surface area contributed by atoms with Crippen molar-refractivity contribution in [1.82, 2.24) is 4.90 Å². The second-order valence-electron chi connectivity index (χ2n) is 5.26. The smallest absolute Gasteiger partial charge is 0.0701 e. The van der Waals surface area contributed by atoms with Gasteiger partial charge >= 0.3 is 0 Å². The molecule has 2 N–H and O–H groups in total. The van der Waals surface area contributed by atoms with Gasteiger partial charge in [-0.05, 0) is 38.8 Å². The monoisotopic (exact) mass is 274 g/mol. The lowest BCUT2D eigenvalue weighted by atomic mass is 9.91. The van der Waals surface area contributed by atoms with Crippen LogP contribution in [0.2, 0.25) is 0 Å². The highest BCUT2D eigenvalue weighted by Crippen LogP contribution is 2.18. The first-order valence-electron chi connectivity index (χ1n) is 7.36. The third-order valence-electron chi connectivity index (χ3n) is 3.73. The van der Waals surface area contributed by atoms with Gasteiger partial charge < -0.3 is 24.8 Å². The van der Waals surface area contributed by atoms with Crippen LogP contribution in [0.3, 0.4) is 0 Å². The van der Waals surface area contributed by atoms with Crippen molar-refractivity contribution in [1.29, 1.82) is 0 Å². The molecular formula is C14H30N2O3. The molecule has 0 saturated carbocycles. The van der Waals surface area contributed by atoms with Crippen molar-refractivity contribution in [3.05, 3.63) is 0 Å². The van der Waals surface area contributed by atoms with Crippen LogP contribution in [0.1, 0.15) is 19.8 Å². The summed E-state index contributed by atoms with van der Waals surface area (Å²) in [6, 6.07) is 0.336. The fourth-order valence-electron chi connectivity index (χ4n) is 2.36. The minimum atomic E-state index is 0.336. The Hall–Kier alpha value is -0.200. The highest BCUT2D eigenvalue weighted by Gasteiger charge is 2.21. The molecular weight excluding hydrogens is 244 g/mol. The summed E-state index contributed by atoms with van der Waals surface area (Å²) in [7, 11) is 1.68. The van der Waals surface area contributed by atoms with Gasteiger partial charge in [0, 0.05) is 19.7 Å². The first kappa shape index (κ1) is 16.9. The van der Waals surface area contributed by atoms with E-state index in [1.54, 1.807) is 7.11 Å². The Morgan fingerprint density at radius 3 is 2.21 bits per heavy atom. The van der Waals surface area contributed by atoms with E-state index in [4.69, 9.17) is 19.9 Å². The van der Waals surface area contributed by atoms with Crippen molar-refractivity contribution in [2.24, 2.45) is 11.7 Å². The van der Waals surface area contributed by atoms with E-state index >= 15 is 0 Å². The Morgan fingerprint density at radius 1 is 1.05 bits per heavy atom. The minimum Gasteiger partial charge on any atom is -0.382 e. The van der Waals surface area contributed by atoms with Crippen LogP contribution < -0.4 is 5.73 Å². The second-order valence-corrected chi connectivity index (χ2v) is 5.26. The fraction of sp³-hybridized carbons (Fsp3) is 1.00. The molecule has 1 atom stereocenters. The van der Waals surface area contributed by atoms with E-state index in [0.29, 0.717) is 38.4 Å². The van der Waals surface area contributed by atoms with Crippen molar-refractivity contribution in [3.8, 4) is 0 Å². The van der Waals surface area contributed by atoms with Gasteiger partial charge in [0.2, 0.25) is 0 Å². The molecule has 0 aromatic rings. The molecule has 0 amide bonds. The van der Waals surface area contributed by atoms with Gasteiger partial charge in [0.1, 0.15) is 0 Å². The van der Waals surface area contributed by atoms with Crippen molar-refractivity contribution in [2.75, 3.05) is 59.8 Å². The van der Waals surface area contributed by atoms with Crippen molar-refractivity contribution < 1.29 is 14.2 Å². The molecule has 1 unspecified atom stereocenters. The van der Waals surface area contributed by atoms with E-state index in [1.165, 1.54) is 12.8 Å². The van der Waals surface area contributed by atoms with E-state index < -0.39 is 0 Å². The first-order valence-corrected chi connectivity index (χ1v) is 7.36. The van der Waals surface area contributed by atoms with Gasteiger partial charge in [0.15, 0.2) is 0 Å². The summed E-state index contributed by atoms with van der Waals surface area (Å²) in [5.41, 5.74) is 5.94. The van der Waals surface area contributed by atoms with Crippen molar-refractivity contribution in [2.45, 2.75) is 25.8 Å². The molecule has 0 bridgehead atoms. The van der Waals surface area contributed by atoms with E-state index in [1.807, 2.05) is 0 Å². The Morgan fingerprint density at radius 2 is 1.63 bits per heavy atom. The van der Waals surface area contributed by atoms with Crippen LogP contribution in [0, 0.1) is 5.92 Å². The number of hydrogen-bond acceptors (Lipinski definition) is 5. The summed E-state index contributed by atoms with van der Waals surface area (Å²) >= 11 is 0. The number of hydrogen-bond donors (Lipinski definition) is 1. The average Bonchev–Trinajstić information content (AvgIpc) is 2.42. The maximum absolute atomic E-state index is 5.94. The molecule has 1 saturated heterocycles. The van der Waals surface area contributed by atoms with Crippen LogP contribution >= 0.6 is 0 Å². The molecule has 0 aliphatic carbocycles. The molecule has 5 heteroatoms. The highest BCUT2D eigenvalue weighted by molar-refractivity contribution is 4.77. The van der Waals surface area contributed by atoms with Gasteiger partial charge in [-0.3, -0.25) is 0 Å². The Kier molecular flexibility index (Phi) is 9.38. The first-order chi connectivity index (χ1) is 9.24. The van der Waals surface area contributed by atoms with Crippen molar-refractivity contribution >= 4 is 0 Å². The van der Waals surface area contributed by atoms with E-state index in [0.717, 1.165) is 26.2 Å². The fourth-order valence-corrected chi connectivity index (χ4v) is 2.36. The molecule has 1 aliphatic rings. The summed E-state index contributed by atoms with van der Waals surface area (Å²) < 4.78 is 15.8. The number of ether oxygens (including phenoxy) is 3. The van der Waals surface area contributed by atoms with Crippen LogP contribution in [0.4, 0.5) is 0 Å². The molecule has 1 rings (SSSR count). The summed E-state index contributed by atoms with van der Waals surface area (Å²) in [6.07, 6.45) is 2.44. The lowest BCUT2D eigenvalue weighted by Gasteiger charge is -2.33. The Labute approximate surface area is 117 Å². The van der Waals surface area contributed by atoms with E-state index in [9.17, 15) is 0 Å². The number of nitrogens with zero attached hydrogens (tertiary/aromatic N) is 1. The molecule has 0 aromatic carbocycles. The average molecular weight is 274 g/mol. The maximum Gasteiger partial charge on any atom is 0.0701 e. The highest BCUT2D eigenvalue weighted by atomic mass is 16.5. The normalized spacial score (nSPS) is 19.7. The number of piperidine rings is 1. The summed E-state index contributed by atoms with van der Waals surface area (Å²) in [5, 5.41) is 0. The number of rotatable bonds is 10. The zero-order valence-corrected chi connectivity index (χ0v) is 12.5. The molecule has 5 nitrogen and oxygen atoms in total. The summed E-state index contributed by atoms with van der Waals surface area (Å²) in [6.45, 7) is 8.84. The van der Waals surface area contributed by atoms with Crippen LogP contribution in [0.5, 0.6) is 0 Å². The predicted molar refractivity (Wildman–Crippen MR) is 76.3 cm³/mol. The zero-order valence-electron chi connectivity index (χ0n) is 12.5. The molecule has 19 heavy (non-hydrogen) atoms. The molecule has 0 aromatic heterocycles. The molecule has 0 spiro atoms. The SMILES string of the molecule is COCCOCCOCCN1CCC(C(C)N)CC1. The van der Waals surface area contributed by atoms with Crippen LogP contribution in [0.25, 0.3) is 0 Å². The standard InChI is InChI=1S/C14H30N2O3/c1-13(15)14-3-5-16(6-4-14)7-8-18-11-12-19-10-9-17-2/h13-14H,3-12,15H2,1-2H3. The third kappa shape index (κ3) is 7.84. The number of methoxy groups -OCH3 is 1.